The van der Waals surface area contributed by atoms with Crippen LogP contribution < -0.4 is 5.73 Å². The lowest BCUT2D eigenvalue weighted by Gasteiger charge is -2.17. The second-order valence-corrected chi connectivity index (χ2v) is 4.56. The molecule has 16 heavy (non-hydrogen) atoms. The Morgan fingerprint density at radius 3 is 3.00 bits per heavy atom. The van der Waals surface area contributed by atoms with Gasteiger partial charge in [-0.15, -0.1) is 0 Å². The summed E-state index contributed by atoms with van der Waals surface area (Å²) in [6, 6.07) is 3.89. The molecule has 1 aliphatic rings. The zero-order valence-corrected chi connectivity index (χ0v) is 9.61. The fourth-order valence-corrected chi connectivity index (χ4v) is 1.91. The molecule has 86 valence electrons. The number of nitrogens with one attached hydrogen (secondary N) is 1. The van der Waals surface area contributed by atoms with Gasteiger partial charge in [0.1, 0.15) is 11.5 Å². The van der Waals surface area contributed by atoms with Gasteiger partial charge >= 0.3 is 0 Å². The molecule has 1 saturated carbocycles. The van der Waals surface area contributed by atoms with Crippen molar-refractivity contribution in [2.24, 2.45) is 11.7 Å². The van der Waals surface area contributed by atoms with Crippen LogP contribution in [0.1, 0.15) is 24.1 Å². The molecular weight excluding hydrogens is 200 g/mol. The summed E-state index contributed by atoms with van der Waals surface area (Å²) in [6.45, 7) is 1.95. The van der Waals surface area contributed by atoms with Crippen molar-refractivity contribution in [2.75, 3.05) is 13.6 Å². The van der Waals surface area contributed by atoms with E-state index in [1.165, 1.54) is 12.8 Å². The molecule has 0 spiro atoms. The first-order valence-corrected chi connectivity index (χ1v) is 5.63. The molecule has 0 unspecified atom stereocenters. The maximum Gasteiger partial charge on any atom is 0.142 e. The number of aromatic nitrogens is 1. The van der Waals surface area contributed by atoms with Crippen molar-refractivity contribution < 1.29 is 0 Å². The molecule has 3 N–H and O–H groups in total. The highest BCUT2D eigenvalue weighted by atomic mass is 15.1. The lowest BCUT2D eigenvalue weighted by molar-refractivity contribution is 0.312. The second-order valence-electron chi connectivity index (χ2n) is 4.56. The van der Waals surface area contributed by atoms with Gasteiger partial charge in [-0.1, -0.05) is 6.07 Å². The Bertz CT molecular complexity index is 384. The first-order chi connectivity index (χ1) is 7.66. The van der Waals surface area contributed by atoms with E-state index in [4.69, 9.17) is 11.1 Å². The van der Waals surface area contributed by atoms with E-state index in [0.717, 1.165) is 24.6 Å². The Balaban J connectivity index is 2.04. The molecule has 0 aromatic carbocycles. The average molecular weight is 218 g/mol. The van der Waals surface area contributed by atoms with Gasteiger partial charge < -0.3 is 10.6 Å². The van der Waals surface area contributed by atoms with Crippen LogP contribution in [0.15, 0.2) is 18.3 Å². The Morgan fingerprint density at radius 2 is 2.38 bits per heavy atom. The van der Waals surface area contributed by atoms with Crippen molar-refractivity contribution in [1.82, 2.24) is 9.88 Å². The normalized spacial score (nSPS) is 15.4. The van der Waals surface area contributed by atoms with Crippen molar-refractivity contribution in [1.29, 1.82) is 5.41 Å². The van der Waals surface area contributed by atoms with Crippen molar-refractivity contribution in [3.05, 3.63) is 29.6 Å². The van der Waals surface area contributed by atoms with Gasteiger partial charge in [-0.3, -0.25) is 10.4 Å². The van der Waals surface area contributed by atoms with Gasteiger partial charge in [-0.25, -0.2) is 0 Å². The molecule has 1 aliphatic carbocycles. The smallest absolute Gasteiger partial charge is 0.142 e. The van der Waals surface area contributed by atoms with E-state index in [1.807, 2.05) is 12.1 Å². The molecule has 4 nitrogen and oxygen atoms in total. The SMILES string of the molecule is CN(Cc1cccnc1C(=N)N)CC1CC1. The fourth-order valence-electron chi connectivity index (χ4n) is 1.91. The van der Waals surface area contributed by atoms with Crippen LogP contribution in [0.25, 0.3) is 0 Å². The number of nitrogens with zero attached hydrogens (tertiary/aromatic N) is 2. The fraction of sp³-hybridized carbons (Fsp3) is 0.500. The zero-order valence-electron chi connectivity index (χ0n) is 9.61. The monoisotopic (exact) mass is 218 g/mol. The number of hydrogen-bond acceptors (Lipinski definition) is 3. The quantitative estimate of drug-likeness (QED) is 0.576. The summed E-state index contributed by atoms with van der Waals surface area (Å²) >= 11 is 0. The first kappa shape index (κ1) is 11.1. The van der Waals surface area contributed by atoms with E-state index in [1.54, 1.807) is 6.20 Å². The van der Waals surface area contributed by atoms with Crippen molar-refractivity contribution >= 4 is 5.84 Å². The van der Waals surface area contributed by atoms with E-state index < -0.39 is 0 Å². The minimum atomic E-state index is 0.0513. The number of amidine groups is 1. The highest BCUT2D eigenvalue weighted by Crippen LogP contribution is 2.29. The summed E-state index contributed by atoms with van der Waals surface area (Å²) in [4.78, 5) is 6.43. The summed E-state index contributed by atoms with van der Waals surface area (Å²) in [6.07, 6.45) is 4.40. The number of rotatable bonds is 5. The largest absolute Gasteiger partial charge is 0.382 e. The molecule has 0 atom stereocenters. The van der Waals surface area contributed by atoms with Crippen LogP contribution in [0.5, 0.6) is 0 Å². The van der Waals surface area contributed by atoms with Gasteiger partial charge in [0.05, 0.1) is 0 Å². The maximum absolute atomic E-state index is 7.47. The molecule has 1 aromatic heterocycles. The van der Waals surface area contributed by atoms with Crippen molar-refractivity contribution in [2.45, 2.75) is 19.4 Å². The Hall–Kier alpha value is -1.42. The van der Waals surface area contributed by atoms with Crippen LogP contribution in [-0.2, 0) is 6.54 Å². The summed E-state index contributed by atoms with van der Waals surface area (Å²) in [5.41, 5.74) is 7.16. The number of hydrogen-bond donors (Lipinski definition) is 2. The molecule has 1 heterocycles. The molecule has 0 aliphatic heterocycles. The topological polar surface area (TPSA) is 66.0 Å². The third-order valence-electron chi connectivity index (χ3n) is 2.85. The summed E-state index contributed by atoms with van der Waals surface area (Å²) < 4.78 is 0. The van der Waals surface area contributed by atoms with Crippen LogP contribution in [-0.4, -0.2) is 29.3 Å². The van der Waals surface area contributed by atoms with Gasteiger partial charge in [-0.2, -0.15) is 0 Å². The molecular formula is C12H18N4. The molecule has 0 saturated heterocycles. The zero-order chi connectivity index (χ0) is 11.5. The van der Waals surface area contributed by atoms with Crippen LogP contribution >= 0.6 is 0 Å². The third kappa shape index (κ3) is 2.79. The maximum atomic E-state index is 7.47. The number of pyridine rings is 1. The Morgan fingerprint density at radius 1 is 1.62 bits per heavy atom. The van der Waals surface area contributed by atoms with E-state index in [-0.39, 0.29) is 5.84 Å². The molecule has 4 heteroatoms. The first-order valence-electron chi connectivity index (χ1n) is 5.63. The number of nitrogen functional groups attached to an aromatic ring is 1. The van der Waals surface area contributed by atoms with Gasteiger partial charge in [-0.05, 0) is 37.4 Å². The molecule has 1 fully saturated rings. The highest BCUT2D eigenvalue weighted by Gasteiger charge is 2.23. The number of nitrogens with two attached hydrogens (primary N) is 1. The molecule has 2 rings (SSSR count). The van der Waals surface area contributed by atoms with Gasteiger partial charge in [0, 0.05) is 19.3 Å². The lowest BCUT2D eigenvalue weighted by Crippen LogP contribution is -2.24. The van der Waals surface area contributed by atoms with Crippen molar-refractivity contribution in [3.63, 3.8) is 0 Å². The summed E-state index contributed by atoms with van der Waals surface area (Å²) in [7, 11) is 2.11. The predicted octanol–water partition coefficient (Wildman–Crippen LogP) is 1.21. The predicted molar refractivity (Wildman–Crippen MR) is 64.3 cm³/mol. The average Bonchev–Trinajstić information content (AvgIpc) is 3.02. The summed E-state index contributed by atoms with van der Waals surface area (Å²) in [5.74, 6) is 0.929. The summed E-state index contributed by atoms with van der Waals surface area (Å²) in [5, 5.41) is 7.47. The van der Waals surface area contributed by atoms with E-state index in [0.29, 0.717) is 5.69 Å². The minimum Gasteiger partial charge on any atom is -0.382 e. The van der Waals surface area contributed by atoms with Gasteiger partial charge in [0.2, 0.25) is 0 Å². The Kier molecular flexibility index (Phi) is 3.19. The van der Waals surface area contributed by atoms with E-state index in [9.17, 15) is 0 Å². The van der Waals surface area contributed by atoms with Crippen LogP contribution in [0.2, 0.25) is 0 Å². The van der Waals surface area contributed by atoms with Crippen LogP contribution in [0.3, 0.4) is 0 Å². The lowest BCUT2D eigenvalue weighted by atomic mass is 10.1. The molecule has 0 radical (unpaired) electrons. The highest BCUT2D eigenvalue weighted by molar-refractivity contribution is 5.94. The Labute approximate surface area is 96.0 Å². The van der Waals surface area contributed by atoms with Crippen molar-refractivity contribution in [3.8, 4) is 0 Å². The minimum absolute atomic E-state index is 0.0513. The van der Waals surface area contributed by atoms with Crippen LogP contribution in [0.4, 0.5) is 0 Å². The van der Waals surface area contributed by atoms with Gasteiger partial charge in [0.25, 0.3) is 0 Å². The van der Waals surface area contributed by atoms with E-state index >= 15 is 0 Å². The van der Waals surface area contributed by atoms with Crippen LogP contribution in [0, 0.1) is 11.3 Å². The standard InChI is InChI=1S/C12H18N4/c1-16(7-9-4-5-9)8-10-3-2-6-15-11(10)12(13)14/h2-3,6,9H,4-5,7-8H2,1H3,(H3,13,14). The third-order valence-corrected chi connectivity index (χ3v) is 2.85. The molecule has 0 bridgehead atoms. The molecule has 0 amide bonds. The van der Waals surface area contributed by atoms with E-state index in [2.05, 4.69) is 16.9 Å². The molecule has 1 aromatic rings. The second kappa shape index (κ2) is 4.61. The van der Waals surface area contributed by atoms with Gasteiger partial charge in [0.15, 0.2) is 0 Å².